The summed E-state index contributed by atoms with van der Waals surface area (Å²) in [4.78, 5) is 13.7. The molecule has 1 amide bonds. The van der Waals surface area contributed by atoms with Crippen LogP contribution in [0.3, 0.4) is 0 Å². The first-order chi connectivity index (χ1) is 8.86. The smallest absolute Gasteiger partial charge is 0.269 e. The number of aromatic amines is 1. The molecule has 1 aliphatic rings. The van der Waals surface area contributed by atoms with Crippen LogP contribution in [0.25, 0.3) is 0 Å². The van der Waals surface area contributed by atoms with Gasteiger partial charge < -0.3 is 10.0 Å². The summed E-state index contributed by atoms with van der Waals surface area (Å²) in [6, 6.07) is 1.29. The third-order valence-electron chi connectivity index (χ3n) is 3.14. The highest BCUT2D eigenvalue weighted by Crippen LogP contribution is 2.36. The fourth-order valence-electron chi connectivity index (χ4n) is 2.36. The largest absolute Gasteiger partial charge is 0.508 e. The summed E-state index contributed by atoms with van der Waals surface area (Å²) in [6.07, 6.45) is 3.31. The van der Waals surface area contributed by atoms with Crippen LogP contribution in [0, 0.1) is 16.7 Å². The highest BCUT2D eigenvalue weighted by molar-refractivity contribution is 6.00. The fourth-order valence-corrected chi connectivity index (χ4v) is 2.36. The quantitative estimate of drug-likeness (QED) is 0.842. The predicted octanol–water partition coefficient (Wildman–Crippen LogP) is 1.50. The maximum atomic E-state index is 12.2. The Morgan fingerprint density at radius 1 is 1.58 bits per heavy atom. The first-order valence-electron chi connectivity index (χ1n) is 5.98. The Morgan fingerprint density at radius 2 is 2.26 bits per heavy atom. The van der Waals surface area contributed by atoms with Crippen LogP contribution in [0.4, 0.5) is 0 Å². The number of rotatable bonds is 2. The van der Waals surface area contributed by atoms with Crippen molar-refractivity contribution in [2.24, 2.45) is 5.41 Å². The summed E-state index contributed by atoms with van der Waals surface area (Å²) in [7, 11) is 0. The first-order valence-corrected chi connectivity index (χ1v) is 5.98. The number of carbonyl (C=O) groups excluding carboxylic acids is 1. The van der Waals surface area contributed by atoms with Gasteiger partial charge in [-0.25, -0.2) is 0 Å². The maximum Gasteiger partial charge on any atom is 0.269 e. The number of carbonyl (C=O) groups is 1. The minimum Gasteiger partial charge on any atom is -0.508 e. The molecule has 2 heterocycles. The number of aliphatic hydroxyl groups is 1. The summed E-state index contributed by atoms with van der Waals surface area (Å²) < 4.78 is 0. The summed E-state index contributed by atoms with van der Waals surface area (Å²) in [6.45, 7) is 6.07. The van der Waals surface area contributed by atoms with Crippen molar-refractivity contribution in [1.29, 1.82) is 5.26 Å². The van der Waals surface area contributed by atoms with Crippen LogP contribution >= 0.6 is 0 Å². The fraction of sp³-hybridized carbons (Fsp3) is 0.462. The van der Waals surface area contributed by atoms with E-state index in [2.05, 4.69) is 10.2 Å². The van der Waals surface area contributed by atoms with Gasteiger partial charge in [-0.3, -0.25) is 9.89 Å². The van der Waals surface area contributed by atoms with Gasteiger partial charge in [0.25, 0.3) is 5.91 Å². The minimum absolute atomic E-state index is 0.136. The molecule has 0 saturated heterocycles. The molecule has 1 atom stereocenters. The number of aromatic nitrogens is 2. The molecule has 100 valence electrons. The number of nitriles is 1. The number of amides is 1. The van der Waals surface area contributed by atoms with E-state index in [4.69, 9.17) is 5.26 Å². The average Bonchev–Trinajstić information content (AvgIpc) is 2.87. The van der Waals surface area contributed by atoms with Gasteiger partial charge in [-0.1, -0.05) is 20.8 Å². The van der Waals surface area contributed by atoms with Crippen LogP contribution in [0.2, 0.25) is 0 Å². The lowest BCUT2D eigenvalue weighted by molar-refractivity contribution is -0.129. The lowest BCUT2D eigenvalue weighted by Crippen LogP contribution is -2.43. The van der Waals surface area contributed by atoms with Gasteiger partial charge in [-0.15, -0.1) is 0 Å². The Bertz CT molecular complexity index is 560. The van der Waals surface area contributed by atoms with Crippen molar-refractivity contribution in [2.75, 3.05) is 0 Å². The van der Waals surface area contributed by atoms with Gasteiger partial charge in [-0.2, -0.15) is 10.4 Å². The number of nitrogens with zero attached hydrogens (tertiary/aromatic N) is 3. The van der Waals surface area contributed by atoms with Crippen molar-refractivity contribution >= 4 is 5.91 Å². The van der Waals surface area contributed by atoms with E-state index in [1.807, 2.05) is 20.8 Å². The van der Waals surface area contributed by atoms with E-state index in [1.54, 1.807) is 18.5 Å². The second-order valence-corrected chi connectivity index (χ2v) is 5.68. The van der Waals surface area contributed by atoms with E-state index >= 15 is 0 Å². The Labute approximate surface area is 111 Å². The predicted molar refractivity (Wildman–Crippen MR) is 67.6 cm³/mol. The third-order valence-corrected chi connectivity index (χ3v) is 3.14. The Kier molecular flexibility index (Phi) is 3.06. The molecule has 0 saturated carbocycles. The van der Waals surface area contributed by atoms with E-state index in [1.165, 1.54) is 4.90 Å². The van der Waals surface area contributed by atoms with Crippen molar-refractivity contribution < 1.29 is 9.90 Å². The Morgan fingerprint density at radius 3 is 2.74 bits per heavy atom. The molecule has 1 aromatic heterocycles. The molecule has 6 nitrogen and oxygen atoms in total. The molecule has 0 radical (unpaired) electrons. The third kappa shape index (κ3) is 2.19. The van der Waals surface area contributed by atoms with Crippen molar-refractivity contribution in [1.82, 2.24) is 15.1 Å². The number of aliphatic hydroxyl groups excluding tert-OH is 1. The Hall–Kier alpha value is -2.29. The molecule has 1 aliphatic heterocycles. The van der Waals surface area contributed by atoms with E-state index in [0.717, 1.165) is 5.56 Å². The molecular weight excluding hydrogens is 244 g/mol. The number of hydrogen-bond donors (Lipinski definition) is 2. The topological polar surface area (TPSA) is 93.0 Å². The van der Waals surface area contributed by atoms with Gasteiger partial charge in [0.2, 0.25) is 0 Å². The molecule has 19 heavy (non-hydrogen) atoms. The number of H-pyrrole nitrogens is 1. The van der Waals surface area contributed by atoms with E-state index in [-0.39, 0.29) is 16.7 Å². The van der Waals surface area contributed by atoms with E-state index in [0.29, 0.717) is 6.54 Å². The second kappa shape index (κ2) is 4.43. The average molecular weight is 260 g/mol. The van der Waals surface area contributed by atoms with Crippen molar-refractivity contribution in [2.45, 2.75) is 33.4 Å². The normalized spacial score (nSPS) is 20.0. The summed E-state index contributed by atoms with van der Waals surface area (Å²) in [5.41, 5.74) is 0.306. The molecular formula is C13H16N4O2. The second-order valence-electron chi connectivity index (χ2n) is 5.68. The van der Waals surface area contributed by atoms with Crippen LogP contribution in [-0.4, -0.2) is 32.2 Å². The molecule has 6 heteroatoms. The number of hydrogen-bond acceptors (Lipinski definition) is 4. The standard InChI is InChI=1S/C13H16N4O2/c1-13(2,3)11-10(18)9(4-14)12(19)17(11)7-8-5-15-16-6-8/h5-6,11,18H,7H2,1-3H3,(H,15,16)/t11-/m1/s1. The van der Waals surface area contributed by atoms with Gasteiger partial charge in [0.05, 0.1) is 12.2 Å². The zero-order valence-electron chi connectivity index (χ0n) is 11.1. The lowest BCUT2D eigenvalue weighted by Gasteiger charge is -2.34. The molecule has 0 unspecified atom stereocenters. The first kappa shape index (κ1) is 13.1. The molecule has 0 aromatic carbocycles. The van der Waals surface area contributed by atoms with Gasteiger partial charge in [0.1, 0.15) is 11.8 Å². The molecule has 0 fully saturated rings. The summed E-state index contributed by atoms with van der Waals surface area (Å²) in [5, 5.41) is 25.6. The molecule has 2 rings (SSSR count). The summed E-state index contributed by atoms with van der Waals surface area (Å²) >= 11 is 0. The van der Waals surface area contributed by atoms with Gasteiger partial charge in [0.15, 0.2) is 5.57 Å². The number of nitrogens with one attached hydrogen (secondary N) is 1. The SMILES string of the molecule is CC(C)(C)[C@H]1C(O)=C(C#N)C(=O)N1Cc1cn[nH]c1. The highest BCUT2D eigenvalue weighted by Gasteiger charge is 2.45. The molecule has 0 spiro atoms. The Balaban J connectivity index is 2.38. The van der Waals surface area contributed by atoms with Crippen molar-refractivity contribution in [3.8, 4) is 6.07 Å². The molecule has 1 aromatic rings. The van der Waals surface area contributed by atoms with Crippen LogP contribution in [0.15, 0.2) is 23.7 Å². The lowest BCUT2D eigenvalue weighted by atomic mass is 9.85. The maximum absolute atomic E-state index is 12.2. The van der Waals surface area contributed by atoms with Crippen LogP contribution in [0.1, 0.15) is 26.3 Å². The van der Waals surface area contributed by atoms with E-state index < -0.39 is 11.9 Å². The van der Waals surface area contributed by atoms with Crippen LogP contribution in [0.5, 0.6) is 0 Å². The van der Waals surface area contributed by atoms with Gasteiger partial charge >= 0.3 is 0 Å². The van der Waals surface area contributed by atoms with Crippen molar-refractivity contribution in [3.63, 3.8) is 0 Å². The monoisotopic (exact) mass is 260 g/mol. The van der Waals surface area contributed by atoms with Crippen LogP contribution in [-0.2, 0) is 11.3 Å². The molecule has 0 aliphatic carbocycles. The highest BCUT2D eigenvalue weighted by atomic mass is 16.3. The molecule has 2 N–H and O–H groups in total. The zero-order valence-corrected chi connectivity index (χ0v) is 11.1. The zero-order chi connectivity index (χ0) is 14.2. The van der Waals surface area contributed by atoms with Crippen LogP contribution < -0.4 is 0 Å². The molecule has 0 bridgehead atoms. The van der Waals surface area contributed by atoms with Crippen molar-refractivity contribution in [3.05, 3.63) is 29.3 Å². The summed E-state index contributed by atoms with van der Waals surface area (Å²) in [5.74, 6) is -0.565. The minimum atomic E-state index is -0.496. The van der Waals surface area contributed by atoms with Gasteiger partial charge in [0, 0.05) is 18.3 Å². The van der Waals surface area contributed by atoms with Gasteiger partial charge in [-0.05, 0) is 5.41 Å². The van der Waals surface area contributed by atoms with E-state index in [9.17, 15) is 9.90 Å².